The van der Waals surface area contributed by atoms with E-state index in [-0.39, 0.29) is 5.97 Å². The number of hydrogen-bond donors (Lipinski definition) is 0. The molecule has 0 saturated carbocycles. The summed E-state index contributed by atoms with van der Waals surface area (Å²) in [6, 6.07) is 0. The zero-order chi connectivity index (χ0) is 10.5. The Morgan fingerprint density at radius 2 is 1.92 bits per heavy atom. The zero-order valence-corrected chi connectivity index (χ0v) is 9.26. The summed E-state index contributed by atoms with van der Waals surface area (Å²) in [5.41, 5.74) is 0.668. The molecule has 0 heterocycles. The molecule has 0 rings (SSSR count). The predicted octanol–water partition coefficient (Wildman–Crippen LogP) is 1.20. The average molecular weight is 186 g/mol. The molecule has 0 unspecified atom stereocenters. The van der Waals surface area contributed by atoms with Crippen molar-refractivity contribution in [2.45, 2.75) is 13.8 Å². The van der Waals surface area contributed by atoms with E-state index in [2.05, 4.69) is 21.1 Å². The Bertz CT molecular complexity index is 201. The maximum absolute atomic E-state index is 11.2. The Morgan fingerprint density at radius 3 is 2.31 bits per heavy atom. The fourth-order valence-electron chi connectivity index (χ4n) is 0.644. The zero-order valence-electron chi connectivity index (χ0n) is 9.26. The SMILES string of the molecule is C/C=C(\C)C(=O)OCC[N+](C)(C)C. The van der Waals surface area contributed by atoms with Gasteiger partial charge in [0.25, 0.3) is 0 Å². The lowest BCUT2D eigenvalue weighted by molar-refractivity contribution is -0.870. The van der Waals surface area contributed by atoms with Crippen LogP contribution < -0.4 is 0 Å². The maximum atomic E-state index is 11.2. The van der Waals surface area contributed by atoms with Gasteiger partial charge >= 0.3 is 5.97 Å². The van der Waals surface area contributed by atoms with Crippen LogP contribution in [-0.4, -0.2) is 44.7 Å². The Hall–Kier alpha value is -0.830. The van der Waals surface area contributed by atoms with E-state index in [1.807, 2.05) is 6.92 Å². The van der Waals surface area contributed by atoms with Crippen LogP contribution in [0.2, 0.25) is 0 Å². The third-order valence-electron chi connectivity index (χ3n) is 1.75. The van der Waals surface area contributed by atoms with E-state index in [0.29, 0.717) is 12.2 Å². The lowest BCUT2D eigenvalue weighted by atomic mass is 10.3. The lowest BCUT2D eigenvalue weighted by Crippen LogP contribution is -2.38. The summed E-state index contributed by atoms with van der Waals surface area (Å²) in [6.07, 6.45) is 1.76. The number of quaternary nitrogens is 1. The Kier molecular flexibility index (Phi) is 4.70. The van der Waals surface area contributed by atoms with Crippen LogP contribution in [0.1, 0.15) is 13.8 Å². The van der Waals surface area contributed by atoms with Crippen LogP contribution in [0.5, 0.6) is 0 Å². The summed E-state index contributed by atoms with van der Waals surface area (Å²) in [4.78, 5) is 11.2. The van der Waals surface area contributed by atoms with E-state index in [0.717, 1.165) is 11.0 Å². The van der Waals surface area contributed by atoms with Gasteiger partial charge in [0.2, 0.25) is 0 Å². The largest absolute Gasteiger partial charge is 0.456 e. The summed E-state index contributed by atoms with van der Waals surface area (Å²) in [5.74, 6) is -0.212. The van der Waals surface area contributed by atoms with Crippen molar-refractivity contribution in [3.05, 3.63) is 11.6 Å². The van der Waals surface area contributed by atoms with Crippen LogP contribution in [0, 0.1) is 0 Å². The van der Waals surface area contributed by atoms with Crippen molar-refractivity contribution in [2.75, 3.05) is 34.3 Å². The molecule has 0 radical (unpaired) electrons. The van der Waals surface area contributed by atoms with Gasteiger partial charge in [-0.3, -0.25) is 0 Å². The molecule has 0 aliphatic carbocycles. The van der Waals surface area contributed by atoms with E-state index in [1.54, 1.807) is 13.0 Å². The number of likely N-dealkylation sites (N-methyl/N-ethyl adjacent to an activating group) is 1. The minimum atomic E-state index is -0.212. The predicted molar refractivity (Wildman–Crippen MR) is 53.3 cm³/mol. The highest BCUT2D eigenvalue weighted by atomic mass is 16.5. The first kappa shape index (κ1) is 12.2. The van der Waals surface area contributed by atoms with Crippen molar-refractivity contribution in [3.63, 3.8) is 0 Å². The van der Waals surface area contributed by atoms with Crippen molar-refractivity contribution in [2.24, 2.45) is 0 Å². The van der Waals surface area contributed by atoms with Gasteiger partial charge in [0, 0.05) is 5.57 Å². The van der Waals surface area contributed by atoms with Crippen molar-refractivity contribution < 1.29 is 14.0 Å². The van der Waals surface area contributed by atoms with Crippen LogP contribution in [0.4, 0.5) is 0 Å². The van der Waals surface area contributed by atoms with Crippen LogP contribution in [0.15, 0.2) is 11.6 Å². The first-order valence-corrected chi connectivity index (χ1v) is 4.47. The number of ether oxygens (including phenoxy) is 1. The summed E-state index contributed by atoms with van der Waals surface area (Å²) < 4.78 is 5.86. The van der Waals surface area contributed by atoms with Gasteiger partial charge in [0.1, 0.15) is 13.2 Å². The second kappa shape index (κ2) is 5.02. The maximum Gasteiger partial charge on any atom is 0.333 e. The number of rotatable bonds is 4. The van der Waals surface area contributed by atoms with Crippen molar-refractivity contribution in [1.29, 1.82) is 0 Å². The molecule has 13 heavy (non-hydrogen) atoms. The highest BCUT2D eigenvalue weighted by Crippen LogP contribution is 1.97. The minimum Gasteiger partial charge on any atom is -0.456 e. The Morgan fingerprint density at radius 1 is 1.38 bits per heavy atom. The highest BCUT2D eigenvalue weighted by molar-refractivity contribution is 5.87. The second-order valence-electron chi connectivity index (χ2n) is 4.12. The monoisotopic (exact) mass is 186 g/mol. The fraction of sp³-hybridized carbons (Fsp3) is 0.700. The number of esters is 1. The summed E-state index contributed by atoms with van der Waals surface area (Å²) in [6.45, 7) is 4.90. The number of carbonyl (C=O) groups excluding carboxylic acids is 1. The summed E-state index contributed by atoms with van der Waals surface area (Å²) in [5, 5.41) is 0. The molecule has 0 aliphatic heterocycles. The van der Waals surface area contributed by atoms with E-state index in [1.165, 1.54) is 0 Å². The van der Waals surface area contributed by atoms with E-state index >= 15 is 0 Å². The molecular weight excluding hydrogens is 166 g/mol. The molecule has 3 heteroatoms. The second-order valence-corrected chi connectivity index (χ2v) is 4.12. The normalized spacial score (nSPS) is 12.8. The topological polar surface area (TPSA) is 26.3 Å². The van der Waals surface area contributed by atoms with Gasteiger partial charge in [-0.2, -0.15) is 0 Å². The Labute approximate surface area is 80.6 Å². The quantitative estimate of drug-likeness (QED) is 0.374. The molecule has 0 spiro atoms. The molecular formula is C10H20NO2+. The number of hydrogen-bond acceptors (Lipinski definition) is 2. The molecule has 0 amide bonds. The lowest BCUT2D eigenvalue weighted by Gasteiger charge is -2.23. The third-order valence-corrected chi connectivity index (χ3v) is 1.75. The molecule has 76 valence electrons. The fourth-order valence-corrected chi connectivity index (χ4v) is 0.644. The molecule has 0 aromatic heterocycles. The van der Waals surface area contributed by atoms with E-state index < -0.39 is 0 Å². The number of carbonyl (C=O) groups is 1. The third kappa shape index (κ3) is 6.34. The summed E-state index contributed by atoms with van der Waals surface area (Å²) >= 11 is 0. The molecule has 0 saturated heterocycles. The van der Waals surface area contributed by atoms with Crippen molar-refractivity contribution in [1.82, 2.24) is 0 Å². The van der Waals surface area contributed by atoms with Crippen LogP contribution >= 0.6 is 0 Å². The number of allylic oxidation sites excluding steroid dienone is 1. The summed E-state index contributed by atoms with van der Waals surface area (Å²) in [7, 11) is 6.20. The van der Waals surface area contributed by atoms with Crippen molar-refractivity contribution >= 4 is 5.97 Å². The van der Waals surface area contributed by atoms with Gasteiger partial charge in [-0.05, 0) is 13.8 Å². The number of nitrogens with zero attached hydrogens (tertiary/aromatic N) is 1. The Balaban J connectivity index is 3.73. The van der Waals surface area contributed by atoms with Gasteiger partial charge < -0.3 is 9.22 Å². The molecule has 0 N–H and O–H groups in total. The molecule has 0 aromatic rings. The van der Waals surface area contributed by atoms with Gasteiger partial charge in [-0.15, -0.1) is 0 Å². The molecule has 3 nitrogen and oxygen atoms in total. The molecule has 0 fully saturated rings. The standard InChI is InChI=1S/C10H20NO2/c1-6-9(2)10(12)13-8-7-11(3,4)5/h6H,7-8H2,1-5H3/q+1/b9-6+. The van der Waals surface area contributed by atoms with Gasteiger partial charge in [0.15, 0.2) is 0 Å². The molecule has 0 atom stereocenters. The molecule has 0 aliphatic rings. The first-order chi connectivity index (χ1) is 5.87. The van der Waals surface area contributed by atoms with E-state index in [9.17, 15) is 4.79 Å². The van der Waals surface area contributed by atoms with Gasteiger partial charge in [0.05, 0.1) is 21.1 Å². The van der Waals surface area contributed by atoms with Crippen molar-refractivity contribution in [3.8, 4) is 0 Å². The van der Waals surface area contributed by atoms with Gasteiger partial charge in [-0.1, -0.05) is 6.08 Å². The minimum absolute atomic E-state index is 0.212. The van der Waals surface area contributed by atoms with E-state index in [4.69, 9.17) is 4.74 Å². The highest BCUT2D eigenvalue weighted by Gasteiger charge is 2.09. The van der Waals surface area contributed by atoms with Gasteiger partial charge in [-0.25, -0.2) is 4.79 Å². The average Bonchev–Trinajstić information content (AvgIpc) is 2.00. The molecule has 0 bridgehead atoms. The van der Waals surface area contributed by atoms with Crippen LogP contribution in [0.25, 0.3) is 0 Å². The van der Waals surface area contributed by atoms with Crippen LogP contribution in [-0.2, 0) is 9.53 Å². The smallest absolute Gasteiger partial charge is 0.333 e. The first-order valence-electron chi connectivity index (χ1n) is 4.47. The van der Waals surface area contributed by atoms with Crippen LogP contribution in [0.3, 0.4) is 0 Å². The molecule has 0 aromatic carbocycles.